The molecule has 14 heteroatoms. The fraction of sp³-hybridized carbons (Fsp3) is 0.432. The smallest absolute Gasteiger partial charge is 0.243 e. The van der Waals surface area contributed by atoms with E-state index in [0.29, 0.717) is 30.5 Å². The normalized spacial score (nSPS) is 15.0. The van der Waals surface area contributed by atoms with Crippen LogP contribution in [0, 0.1) is 5.92 Å². The maximum Gasteiger partial charge on any atom is 0.243 e. The second-order valence-corrected chi connectivity index (χ2v) is 14.7. The highest BCUT2D eigenvalue weighted by Crippen LogP contribution is 2.28. The van der Waals surface area contributed by atoms with E-state index in [1.165, 1.54) is 22.7 Å². The molecule has 0 unspecified atom stereocenters. The molecule has 51 heavy (non-hydrogen) atoms. The Morgan fingerprint density at radius 3 is 2.33 bits per heavy atom. The summed E-state index contributed by atoms with van der Waals surface area (Å²) < 4.78 is 0.867. The van der Waals surface area contributed by atoms with Crippen molar-refractivity contribution in [2.75, 3.05) is 6.54 Å². The Morgan fingerprint density at radius 2 is 1.61 bits per heavy atom. The number of para-hydroxylation sites is 1. The van der Waals surface area contributed by atoms with Crippen LogP contribution in [0.2, 0.25) is 0 Å². The van der Waals surface area contributed by atoms with Gasteiger partial charge < -0.3 is 27.4 Å². The van der Waals surface area contributed by atoms with Crippen LogP contribution in [0.5, 0.6) is 0 Å². The van der Waals surface area contributed by atoms with Gasteiger partial charge in [-0.3, -0.25) is 24.2 Å². The molecular formula is C37H46N8O4S2. The molecule has 0 radical (unpaired) electrons. The van der Waals surface area contributed by atoms with Crippen molar-refractivity contribution in [3.05, 3.63) is 81.8 Å². The van der Waals surface area contributed by atoms with Crippen molar-refractivity contribution in [3.63, 3.8) is 0 Å². The van der Waals surface area contributed by atoms with E-state index in [2.05, 4.69) is 30.9 Å². The lowest BCUT2D eigenvalue weighted by molar-refractivity contribution is -0.132. The van der Waals surface area contributed by atoms with Gasteiger partial charge in [0.1, 0.15) is 12.1 Å². The number of ketones is 1. The van der Waals surface area contributed by atoms with Crippen LogP contribution in [-0.4, -0.2) is 64.1 Å². The number of nitrogens with one attached hydrogen (secondary N) is 3. The molecule has 0 bridgehead atoms. The van der Waals surface area contributed by atoms with Crippen molar-refractivity contribution in [2.24, 2.45) is 22.4 Å². The lowest BCUT2D eigenvalue weighted by Gasteiger charge is -2.29. The minimum Gasteiger partial charge on any atom is -0.370 e. The molecule has 0 aliphatic heterocycles. The van der Waals surface area contributed by atoms with Gasteiger partial charge in [-0.2, -0.15) is 0 Å². The predicted molar refractivity (Wildman–Crippen MR) is 201 cm³/mol. The molecule has 7 N–H and O–H groups in total. The Kier molecular flexibility index (Phi) is 14.0. The number of thiazole rings is 2. The Morgan fingerprint density at radius 1 is 0.882 bits per heavy atom. The fourth-order valence-corrected chi connectivity index (χ4v) is 7.89. The maximum absolute atomic E-state index is 14.2. The average molecular weight is 731 g/mol. The predicted octanol–water partition coefficient (Wildman–Crippen LogP) is 4.29. The van der Waals surface area contributed by atoms with Gasteiger partial charge in [0.25, 0.3) is 0 Å². The number of benzene rings is 2. The first-order chi connectivity index (χ1) is 24.7. The van der Waals surface area contributed by atoms with Gasteiger partial charge in [-0.25, -0.2) is 9.97 Å². The monoisotopic (exact) mass is 730 g/mol. The largest absolute Gasteiger partial charge is 0.370 e. The van der Waals surface area contributed by atoms with Crippen molar-refractivity contribution < 1.29 is 19.2 Å². The van der Waals surface area contributed by atoms with Crippen molar-refractivity contribution in [1.82, 2.24) is 25.9 Å². The van der Waals surface area contributed by atoms with Crippen molar-refractivity contribution in [1.29, 1.82) is 0 Å². The van der Waals surface area contributed by atoms with Gasteiger partial charge in [0.15, 0.2) is 11.0 Å². The molecule has 4 aromatic rings. The molecule has 5 rings (SSSR count). The van der Waals surface area contributed by atoms with Crippen LogP contribution in [0.3, 0.4) is 0 Å². The number of nitrogens with zero attached hydrogens (tertiary/aromatic N) is 3. The van der Waals surface area contributed by atoms with Gasteiger partial charge in [-0.1, -0.05) is 74.6 Å². The number of aryl methyl sites for hydroxylation is 1. The van der Waals surface area contributed by atoms with Gasteiger partial charge in [-0.05, 0) is 49.3 Å². The van der Waals surface area contributed by atoms with Crippen LogP contribution in [0.15, 0.2) is 70.5 Å². The lowest BCUT2D eigenvalue weighted by atomic mass is 9.84. The number of hydrogen-bond acceptors (Lipinski definition) is 9. The Labute approximate surface area is 305 Å². The summed E-state index contributed by atoms with van der Waals surface area (Å²) in [4.78, 5) is 68.1. The molecule has 1 aliphatic rings. The Hall–Kier alpha value is -4.69. The molecule has 2 heterocycles. The number of nitrogens with two attached hydrogens (primary N) is 2. The van der Waals surface area contributed by atoms with Gasteiger partial charge in [0.05, 0.1) is 27.5 Å². The standard InChI is InChI=1S/C37H46N8O4S2/c38-37(39)40-19-9-15-28(33(47)36-45-27-14-7-8-16-31(27)51-36)43-34(48)29(20-25-12-5-2-6-13-25)44-35(49)30(21-26-22-50-23-41-26)42-32(46)18-17-24-10-3-1-4-11-24/h1,3-4,7-8,10-11,14,16,22-23,25,28-30H,2,5-6,9,12-13,15,17-21H2,(H,42,46)(H,43,48)(H,44,49)(H4,38,39,40)/t28-,29-,30-/m0/s1. The van der Waals surface area contributed by atoms with Crippen LogP contribution < -0.4 is 27.4 Å². The molecule has 3 atom stereocenters. The molecule has 12 nitrogen and oxygen atoms in total. The molecule has 2 aromatic heterocycles. The van der Waals surface area contributed by atoms with Crippen LogP contribution in [0.25, 0.3) is 10.2 Å². The third-order valence-electron chi connectivity index (χ3n) is 9.04. The van der Waals surface area contributed by atoms with Crippen molar-refractivity contribution in [3.8, 4) is 0 Å². The van der Waals surface area contributed by atoms with E-state index in [4.69, 9.17) is 11.5 Å². The summed E-state index contributed by atoms with van der Waals surface area (Å²) >= 11 is 2.67. The highest BCUT2D eigenvalue weighted by Gasteiger charge is 2.33. The number of Topliss-reactive ketones (excluding diaryl/α,β-unsaturated/α-hetero) is 1. The van der Waals surface area contributed by atoms with E-state index >= 15 is 0 Å². The van der Waals surface area contributed by atoms with Crippen LogP contribution >= 0.6 is 22.7 Å². The number of fused-ring (bicyclic) bond motifs is 1. The number of hydrogen-bond donors (Lipinski definition) is 5. The Bertz CT molecular complexity index is 1740. The second-order valence-electron chi connectivity index (χ2n) is 13.0. The van der Waals surface area contributed by atoms with E-state index in [1.807, 2.05) is 60.0 Å². The molecule has 1 fully saturated rings. The quantitative estimate of drug-likeness (QED) is 0.0433. The summed E-state index contributed by atoms with van der Waals surface area (Å²) in [6.45, 7) is 0.284. The molecule has 270 valence electrons. The summed E-state index contributed by atoms with van der Waals surface area (Å²) in [5.74, 6) is -1.35. The molecule has 0 spiro atoms. The van der Waals surface area contributed by atoms with Gasteiger partial charge in [-0.15, -0.1) is 22.7 Å². The van der Waals surface area contributed by atoms with E-state index in [-0.39, 0.29) is 54.4 Å². The molecule has 3 amide bonds. The van der Waals surface area contributed by atoms with Crippen molar-refractivity contribution in [2.45, 2.75) is 88.8 Å². The summed E-state index contributed by atoms with van der Waals surface area (Å²) in [5.41, 5.74) is 15.1. The number of rotatable bonds is 18. The summed E-state index contributed by atoms with van der Waals surface area (Å²) in [6, 6.07) is 14.4. The summed E-state index contributed by atoms with van der Waals surface area (Å²) in [6.07, 6.45) is 7.17. The molecule has 1 saturated carbocycles. The van der Waals surface area contributed by atoms with E-state index < -0.39 is 29.9 Å². The fourth-order valence-electron chi connectivity index (χ4n) is 6.36. The van der Waals surface area contributed by atoms with E-state index in [1.54, 1.807) is 5.51 Å². The SMILES string of the molecule is NC(N)=NCCC[C@H](NC(=O)[C@H](CC1CCCCC1)NC(=O)[C@H](Cc1cscn1)NC(=O)CCc1ccccc1)C(=O)c1nc2ccccc2s1. The van der Waals surface area contributed by atoms with Crippen LogP contribution in [0.4, 0.5) is 0 Å². The zero-order valence-corrected chi connectivity index (χ0v) is 30.2. The first-order valence-corrected chi connectivity index (χ1v) is 19.3. The number of amides is 3. The first-order valence-electron chi connectivity index (χ1n) is 17.5. The third-order valence-corrected chi connectivity index (χ3v) is 10.7. The number of guanidine groups is 1. The van der Waals surface area contributed by atoms with E-state index in [0.717, 1.165) is 42.4 Å². The maximum atomic E-state index is 14.2. The van der Waals surface area contributed by atoms with Crippen molar-refractivity contribution >= 4 is 62.4 Å². The lowest BCUT2D eigenvalue weighted by Crippen LogP contribution is -2.56. The zero-order valence-electron chi connectivity index (χ0n) is 28.6. The number of aliphatic imine (C=N–C) groups is 1. The number of carbonyl (C=O) groups is 4. The topological polar surface area (TPSA) is 195 Å². The second kappa shape index (κ2) is 19.1. The highest BCUT2D eigenvalue weighted by atomic mass is 32.1. The zero-order chi connectivity index (χ0) is 36.0. The van der Waals surface area contributed by atoms with E-state index in [9.17, 15) is 19.2 Å². The van der Waals surface area contributed by atoms with Gasteiger partial charge >= 0.3 is 0 Å². The summed E-state index contributed by atoms with van der Waals surface area (Å²) in [5, 5.41) is 11.0. The van der Waals surface area contributed by atoms with Gasteiger partial charge in [0.2, 0.25) is 23.5 Å². The van der Waals surface area contributed by atoms with Gasteiger partial charge in [0, 0.05) is 24.8 Å². The van der Waals surface area contributed by atoms with Crippen LogP contribution in [-0.2, 0) is 27.2 Å². The minimum absolute atomic E-state index is 0.0530. The molecule has 1 aliphatic carbocycles. The first kappa shape index (κ1) is 37.6. The molecule has 2 aromatic carbocycles. The third kappa shape index (κ3) is 11.7. The van der Waals surface area contributed by atoms with Crippen LogP contribution in [0.1, 0.15) is 78.8 Å². The summed E-state index contributed by atoms with van der Waals surface area (Å²) in [7, 11) is 0. The highest BCUT2D eigenvalue weighted by molar-refractivity contribution is 7.20. The molecular weight excluding hydrogens is 685 g/mol. The molecule has 0 saturated heterocycles. The number of carbonyl (C=O) groups excluding carboxylic acids is 4. The average Bonchev–Trinajstić information content (AvgIpc) is 3.82. The number of aromatic nitrogens is 2. The Balaban J connectivity index is 1.33. The minimum atomic E-state index is -0.947.